The van der Waals surface area contributed by atoms with E-state index in [9.17, 15) is 14.0 Å². The molecule has 0 aliphatic heterocycles. The maximum atomic E-state index is 12.3. The van der Waals surface area contributed by atoms with Gasteiger partial charge in [0.2, 0.25) is 0 Å². The lowest BCUT2D eigenvalue weighted by atomic mass is 10.2. The van der Waals surface area contributed by atoms with Crippen LogP contribution in [0.3, 0.4) is 0 Å². The summed E-state index contributed by atoms with van der Waals surface area (Å²) < 4.78 is 17.0. The van der Waals surface area contributed by atoms with E-state index in [0.717, 1.165) is 6.92 Å². The third kappa shape index (κ3) is 6.25. The molecule has 4 heteroatoms. The predicted molar refractivity (Wildman–Crippen MR) is 46.0 cm³/mol. The summed E-state index contributed by atoms with van der Waals surface area (Å²) >= 11 is 0. The van der Waals surface area contributed by atoms with Crippen molar-refractivity contribution in [3.8, 4) is 0 Å². The molecular formula is C9H15FO3. The van der Waals surface area contributed by atoms with Crippen LogP contribution in [-0.2, 0) is 14.3 Å². The number of ether oxygens (including phenoxy) is 1. The molecular weight excluding hydrogens is 175 g/mol. The van der Waals surface area contributed by atoms with E-state index in [1.807, 2.05) is 13.8 Å². The van der Waals surface area contributed by atoms with Crippen molar-refractivity contribution in [1.29, 1.82) is 0 Å². The molecule has 0 aromatic carbocycles. The van der Waals surface area contributed by atoms with Gasteiger partial charge in [0.05, 0.1) is 6.61 Å². The topological polar surface area (TPSA) is 43.4 Å². The van der Waals surface area contributed by atoms with Crippen LogP contribution in [0, 0.1) is 5.92 Å². The number of carbonyl (C=O) groups excluding carboxylic acids is 2. The molecule has 0 saturated heterocycles. The second kappa shape index (κ2) is 5.67. The van der Waals surface area contributed by atoms with Gasteiger partial charge in [0.1, 0.15) is 6.42 Å². The zero-order valence-corrected chi connectivity index (χ0v) is 8.17. The molecule has 0 spiro atoms. The van der Waals surface area contributed by atoms with Crippen molar-refractivity contribution >= 4 is 11.8 Å². The standard InChI is InChI=1S/C9H15FO3/c1-6(2)5-13-9(12)4-8(11)7(3)10/h6-7H,4-5H2,1-3H3. The summed E-state index contributed by atoms with van der Waals surface area (Å²) in [4.78, 5) is 21.6. The van der Waals surface area contributed by atoms with E-state index in [1.165, 1.54) is 0 Å². The molecule has 1 unspecified atom stereocenters. The lowest BCUT2D eigenvalue weighted by molar-refractivity contribution is -0.147. The highest BCUT2D eigenvalue weighted by Crippen LogP contribution is 1.99. The van der Waals surface area contributed by atoms with Gasteiger partial charge in [0.15, 0.2) is 12.0 Å². The number of halogens is 1. The summed E-state index contributed by atoms with van der Waals surface area (Å²) in [6.07, 6.45) is -2.06. The van der Waals surface area contributed by atoms with E-state index in [-0.39, 0.29) is 12.5 Å². The van der Waals surface area contributed by atoms with E-state index in [2.05, 4.69) is 0 Å². The molecule has 0 aromatic rings. The normalized spacial score (nSPS) is 12.7. The number of carbonyl (C=O) groups is 2. The van der Waals surface area contributed by atoms with E-state index < -0.39 is 24.3 Å². The molecule has 0 amide bonds. The Bertz CT molecular complexity index is 187. The van der Waals surface area contributed by atoms with E-state index in [4.69, 9.17) is 4.74 Å². The molecule has 0 radical (unpaired) electrons. The fraction of sp³-hybridized carbons (Fsp3) is 0.778. The fourth-order valence-corrected chi connectivity index (χ4v) is 0.594. The van der Waals surface area contributed by atoms with Crippen molar-refractivity contribution in [2.45, 2.75) is 33.4 Å². The van der Waals surface area contributed by atoms with Gasteiger partial charge in [0, 0.05) is 0 Å². The molecule has 0 heterocycles. The van der Waals surface area contributed by atoms with Crippen molar-refractivity contribution in [3.63, 3.8) is 0 Å². The lowest BCUT2D eigenvalue weighted by Crippen LogP contribution is -2.19. The first-order chi connectivity index (χ1) is 5.93. The monoisotopic (exact) mass is 190 g/mol. The highest BCUT2D eigenvalue weighted by molar-refractivity contribution is 5.97. The third-order valence-corrected chi connectivity index (χ3v) is 1.34. The van der Waals surface area contributed by atoms with Crippen molar-refractivity contribution in [2.75, 3.05) is 6.61 Å². The number of hydrogen-bond donors (Lipinski definition) is 0. The smallest absolute Gasteiger partial charge is 0.313 e. The SMILES string of the molecule is CC(C)COC(=O)CC(=O)C(C)F. The van der Waals surface area contributed by atoms with Gasteiger partial charge >= 0.3 is 5.97 Å². The van der Waals surface area contributed by atoms with Crippen LogP contribution in [0.25, 0.3) is 0 Å². The molecule has 76 valence electrons. The summed E-state index contributed by atoms with van der Waals surface area (Å²) in [5.74, 6) is -1.15. The van der Waals surface area contributed by atoms with E-state index in [0.29, 0.717) is 0 Å². The Kier molecular flexibility index (Phi) is 5.26. The maximum Gasteiger partial charge on any atom is 0.313 e. The van der Waals surface area contributed by atoms with Gasteiger partial charge in [-0.3, -0.25) is 9.59 Å². The van der Waals surface area contributed by atoms with Crippen LogP contribution in [0.4, 0.5) is 4.39 Å². The largest absolute Gasteiger partial charge is 0.465 e. The van der Waals surface area contributed by atoms with Crippen LogP contribution in [0.5, 0.6) is 0 Å². The number of esters is 1. The number of Topliss-reactive ketones (excluding diaryl/α,β-unsaturated/α-hetero) is 1. The molecule has 1 atom stereocenters. The quantitative estimate of drug-likeness (QED) is 0.487. The molecule has 3 nitrogen and oxygen atoms in total. The number of alkyl halides is 1. The maximum absolute atomic E-state index is 12.3. The van der Waals surface area contributed by atoms with Gasteiger partial charge in [-0.15, -0.1) is 0 Å². The van der Waals surface area contributed by atoms with Gasteiger partial charge in [-0.25, -0.2) is 4.39 Å². The van der Waals surface area contributed by atoms with Crippen LogP contribution < -0.4 is 0 Å². The first-order valence-corrected chi connectivity index (χ1v) is 4.26. The molecule has 0 N–H and O–H groups in total. The molecule has 0 rings (SSSR count). The third-order valence-electron chi connectivity index (χ3n) is 1.34. The Morgan fingerprint density at radius 2 is 1.85 bits per heavy atom. The molecule has 0 saturated carbocycles. The first-order valence-electron chi connectivity index (χ1n) is 4.26. The van der Waals surface area contributed by atoms with Gasteiger partial charge in [-0.2, -0.15) is 0 Å². The van der Waals surface area contributed by atoms with Crippen molar-refractivity contribution in [3.05, 3.63) is 0 Å². The summed E-state index contributed by atoms with van der Waals surface area (Å²) in [6, 6.07) is 0. The van der Waals surface area contributed by atoms with Gasteiger partial charge < -0.3 is 4.74 Å². The van der Waals surface area contributed by atoms with Crippen molar-refractivity contribution in [1.82, 2.24) is 0 Å². The lowest BCUT2D eigenvalue weighted by Gasteiger charge is -2.06. The van der Waals surface area contributed by atoms with E-state index >= 15 is 0 Å². The Morgan fingerprint density at radius 3 is 2.23 bits per heavy atom. The molecule has 0 aliphatic carbocycles. The van der Waals surface area contributed by atoms with Crippen molar-refractivity contribution < 1.29 is 18.7 Å². The Morgan fingerprint density at radius 1 is 1.31 bits per heavy atom. The highest BCUT2D eigenvalue weighted by Gasteiger charge is 2.16. The molecule has 0 aromatic heterocycles. The minimum Gasteiger partial charge on any atom is -0.465 e. The van der Waals surface area contributed by atoms with Gasteiger partial charge in [-0.05, 0) is 12.8 Å². The summed E-state index contributed by atoms with van der Waals surface area (Å²) in [5.41, 5.74) is 0. The van der Waals surface area contributed by atoms with E-state index in [1.54, 1.807) is 0 Å². The summed E-state index contributed by atoms with van der Waals surface area (Å²) in [7, 11) is 0. The summed E-state index contributed by atoms with van der Waals surface area (Å²) in [5, 5.41) is 0. The molecule has 13 heavy (non-hydrogen) atoms. The fourth-order valence-electron chi connectivity index (χ4n) is 0.594. The van der Waals surface area contributed by atoms with Crippen LogP contribution in [0.1, 0.15) is 27.2 Å². The Labute approximate surface area is 77.3 Å². The second-order valence-electron chi connectivity index (χ2n) is 3.34. The zero-order valence-electron chi connectivity index (χ0n) is 8.17. The average molecular weight is 190 g/mol. The minimum absolute atomic E-state index is 0.224. The number of ketones is 1. The van der Waals surface area contributed by atoms with Gasteiger partial charge in [0.25, 0.3) is 0 Å². The first kappa shape index (κ1) is 12.1. The van der Waals surface area contributed by atoms with Crippen molar-refractivity contribution in [2.24, 2.45) is 5.92 Å². The van der Waals surface area contributed by atoms with Gasteiger partial charge in [-0.1, -0.05) is 13.8 Å². The number of hydrogen-bond acceptors (Lipinski definition) is 3. The highest BCUT2D eigenvalue weighted by atomic mass is 19.1. The Balaban J connectivity index is 3.69. The number of rotatable bonds is 5. The van der Waals surface area contributed by atoms with Crippen LogP contribution in [0.2, 0.25) is 0 Å². The average Bonchev–Trinajstić information content (AvgIpc) is 2.00. The van der Waals surface area contributed by atoms with Crippen LogP contribution in [0.15, 0.2) is 0 Å². The molecule has 0 bridgehead atoms. The van der Waals surface area contributed by atoms with Crippen LogP contribution >= 0.6 is 0 Å². The molecule has 0 aliphatic rings. The minimum atomic E-state index is -1.59. The molecule has 0 fully saturated rings. The second-order valence-corrected chi connectivity index (χ2v) is 3.34. The summed E-state index contributed by atoms with van der Waals surface area (Å²) in [6.45, 7) is 5.14. The Hall–Kier alpha value is -0.930. The zero-order chi connectivity index (χ0) is 10.4. The predicted octanol–water partition coefficient (Wildman–Crippen LogP) is 1.50. The van der Waals surface area contributed by atoms with Crippen LogP contribution in [-0.4, -0.2) is 24.5 Å².